The summed E-state index contributed by atoms with van der Waals surface area (Å²) in [6, 6.07) is 11.6. The number of hydrogen-bond acceptors (Lipinski definition) is 5. The Hall–Kier alpha value is -2.08. The van der Waals surface area contributed by atoms with E-state index in [2.05, 4.69) is 9.97 Å². The zero-order valence-corrected chi connectivity index (χ0v) is 14.3. The molecule has 0 unspecified atom stereocenters. The maximum absolute atomic E-state index is 12.1. The first kappa shape index (κ1) is 16.8. The van der Waals surface area contributed by atoms with Crippen LogP contribution in [0.5, 0.6) is 0 Å². The van der Waals surface area contributed by atoms with E-state index < -0.39 is 0 Å². The second-order valence-corrected chi connectivity index (χ2v) is 6.80. The van der Waals surface area contributed by atoms with Crippen LogP contribution >= 0.6 is 11.8 Å². The lowest BCUT2D eigenvalue weighted by Gasteiger charge is -2.31. The standard InChI is InChI=1S/C18H21N3O2S/c22-18(23-13-15-5-2-1-3-6-15)21-11-7-16(8-12-21)14-24-17-19-9-4-10-20-17/h1-6,9-10,16H,7-8,11-14H2. The predicted molar refractivity (Wildman–Crippen MR) is 93.7 cm³/mol. The van der Waals surface area contributed by atoms with Gasteiger partial charge < -0.3 is 9.64 Å². The van der Waals surface area contributed by atoms with Crippen LogP contribution in [-0.2, 0) is 11.3 Å². The maximum atomic E-state index is 12.1. The minimum absolute atomic E-state index is 0.212. The number of thioether (sulfide) groups is 1. The lowest BCUT2D eigenvalue weighted by Crippen LogP contribution is -2.39. The van der Waals surface area contributed by atoms with Gasteiger partial charge in [0.1, 0.15) is 6.61 Å². The number of likely N-dealkylation sites (tertiary alicyclic amines) is 1. The Balaban J connectivity index is 1.37. The summed E-state index contributed by atoms with van der Waals surface area (Å²) in [5.74, 6) is 1.59. The number of piperidine rings is 1. The van der Waals surface area contributed by atoms with Crippen molar-refractivity contribution in [2.45, 2.75) is 24.6 Å². The number of carbonyl (C=O) groups is 1. The van der Waals surface area contributed by atoms with Crippen LogP contribution in [-0.4, -0.2) is 39.8 Å². The molecular formula is C18H21N3O2S. The molecule has 2 heterocycles. The third-order valence-electron chi connectivity index (χ3n) is 4.07. The molecule has 1 aromatic heterocycles. The van der Waals surface area contributed by atoms with Gasteiger partial charge in [0.2, 0.25) is 0 Å². The van der Waals surface area contributed by atoms with Crippen molar-refractivity contribution in [2.75, 3.05) is 18.8 Å². The van der Waals surface area contributed by atoms with E-state index in [0.29, 0.717) is 12.5 Å². The molecule has 2 aromatic rings. The van der Waals surface area contributed by atoms with Gasteiger partial charge in [0.25, 0.3) is 0 Å². The molecule has 3 rings (SSSR count). The summed E-state index contributed by atoms with van der Waals surface area (Å²) in [6.07, 6.45) is 5.32. The molecule has 0 aliphatic carbocycles. The molecule has 1 aliphatic heterocycles. The van der Waals surface area contributed by atoms with Gasteiger partial charge in [0.15, 0.2) is 5.16 Å². The quantitative estimate of drug-likeness (QED) is 0.613. The number of hydrogen-bond donors (Lipinski definition) is 0. The highest BCUT2D eigenvalue weighted by Crippen LogP contribution is 2.24. The molecule has 1 saturated heterocycles. The summed E-state index contributed by atoms with van der Waals surface area (Å²) >= 11 is 1.69. The van der Waals surface area contributed by atoms with Crippen LogP contribution in [0.15, 0.2) is 53.9 Å². The first-order chi connectivity index (χ1) is 11.8. The molecule has 0 N–H and O–H groups in total. The van der Waals surface area contributed by atoms with E-state index in [1.165, 1.54) is 0 Å². The van der Waals surface area contributed by atoms with Crippen molar-refractivity contribution in [2.24, 2.45) is 5.92 Å². The monoisotopic (exact) mass is 343 g/mol. The van der Waals surface area contributed by atoms with Crippen molar-refractivity contribution in [3.8, 4) is 0 Å². The Labute approximate surface area is 146 Å². The van der Waals surface area contributed by atoms with Crippen LogP contribution < -0.4 is 0 Å². The van der Waals surface area contributed by atoms with Gasteiger partial charge >= 0.3 is 6.09 Å². The number of aromatic nitrogens is 2. The molecule has 126 valence electrons. The van der Waals surface area contributed by atoms with Crippen molar-refractivity contribution in [3.63, 3.8) is 0 Å². The van der Waals surface area contributed by atoms with Crippen LogP contribution in [0.3, 0.4) is 0 Å². The summed E-state index contributed by atoms with van der Waals surface area (Å²) in [5, 5.41) is 0.821. The summed E-state index contributed by atoms with van der Waals surface area (Å²) in [6.45, 7) is 1.85. The van der Waals surface area contributed by atoms with E-state index in [0.717, 1.165) is 42.4 Å². The number of rotatable bonds is 5. The Morgan fingerprint density at radius 1 is 1.12 bits per heavy atom. The normalized spacial score (nSPS) is 15.2. The van der Waals surface area contributed by atoms with Gasteiger partial charge in [-0.25, -0.2) is 14.8 Å². The summed E-state index contributed by atoms with van der Waals surface area (Å²) in [5.41, 5.74) is 1.01. The van der Waals surface area contributed by atoms with Gasteiger partial charge in [-0.15, -0.1) is 0 Å². The van der Waals surface area contributed by atoms with E-state index in [1.807, 2.05) is 41.3 Å². The molecule has 0 atom stereocenters. The smallest absolute Gasteiger partial charge is 0.410 e. The molecular weight excluding hydrogens is 322 g/mol. The number of nitrogens with zero attached hydrogens (tertiary/aromatic N) is 3. The van der Waals surface area contributed by atoms with Gasteiger partial charge in [-0.3, -0.25) is 0 Å². The van der Waals surface area contributed by atoms with Crippen LogP contribution in [0.25, 0.3) is 0 Å². The lowest BCUT2D eigenvalue weighted by molar-refractivity contribution is 0.0840. The predicted octanol–water partition coefficient (Wildman–Crippen LogP) is 3.62. The fraction of sp³-hybridized carbons (Fsp3) is 0.389. The highest BCUT2D eigenvalue weighted by Gasteiger charge is 2.24. The fourth-order valence-electron chi connectivity index (χ4n) is 2.65. The number of carbonyl (C=O) groups excluding carboxylic acids is 1. The molecule has 0 radical (unpaired) electrons. The summed E-state index contributed by atoms with van der Waals surface area (Å²) in [4.78, 5) is 22.4. The van der Waals surface area contributed by atoms with Gasteiger partial charge in [-0.05, 0) is 30.4 Å². The summed E-state index contributed by atoms with van der Waals surface area (Å²) < 4.78 is 5.39. The van der Waals surface area contributed by atoms with Crippen LogP contribution in [0, 0.1) is 5.92 Å². The van der Waals surface area contributed by atoms with Crippen molar-refractivity contribution >= 4 is 17.9 Å². The van der Waals surface area contributed by atoms with Crippen molar-refractivity contribution < 1.29 is 9.53 Å². The van der Waals surface area contributed by atoms with Crippen molar-refractivity contribution in [1.82, 2.24) is 14.9 Å². The van der Waals surface area contributed by atoms with Gasteiger partial charge in [-0.2, -0.15) is 0 Å². The van der Waals surface area contributed by atoms with E-state index in [1.54, 1.807) is 24.2 Å². The Morgan fingerprint density at radius 2 is 1.83 bits per heavy atom. The number of benzene rings is 1. The van der Waals surface area contributed by atoms with Crippen LogP contribution in [0.2, 0.25) is 0 Å². The van der Waals surface area contributed by atoms with Gasteiger partial charge in [-0.1, -0.05) is 42.1 Å². The molecule has 1 aromatic carbocycles. The molecule has 1 amide bonds. The largest absolute Gasteiger partial charge is 0.445 e. The number of amides is 1. The Kier molecular flexibility index (Phi) is 6.07. The van der Waals surface area contributed by atoms with Crippen molar-refractivity contribution in [1.29, 1.82) is 0 Å². The lowest BCUT2D eigenvalue weighted by atomic mass is 9.99. The molecule has 0 saturated carbocycles. The average molecular weight is 343 g/mol. The second kappa shape index (κ2) is 8.68. The molecule has 1 aliphatic rings. The number of ether oxygens (including phenoxy) is 1. The maximum Gasteiger partial charge on any atom is 0.410 e. The van der Waals surface area contributed by atoms with Gasteiger partial charge in [0, 0.05) is 31.2 Å². The molecule has 5 nitrogen and oxygen atoms in total. The van der Waals surface area contributed by atoms with Crippen LogP contribution in [0.1, 0.15) is 18.4 Å². The van der Waals surface area contributed by atoms with Gasteiger partial charge in [0.05, 0.1) is 0 Å². The second-order valence-electron chi connectivity index (χ2n) is 5.81. The Bertz CT molecular complexity index is 631. The van der Waals surface area contributed by atoms with E-state index in [4.69, 9.17) is 4.74 Å². The zero-order valence-electron chi connectivity index (χ0n) is 13.5. The van der Waals surface area contributed by atoms with E-state index >= 15 is 0 Å². The zero-order chi connectivity index (χ0) is 16.6. The Morgan fingerprint density at radius 3 is 2.54 bits per heavy atom. The molecule has 6 heteroatoms. The highest BCUT2D eigenvalue weighted by atomic mass is 32.2. The minimum Gasteiger partial charge on any atom is -0.445 e. The third-order valence-corrected chi connectivity index (χ3v) is 5.18. The summed E-state index contributed by atoms with van der Waals surface area (Å²) in [7, 11) is 0. The topological polar surface area (TPSA) is 55.3 Å². The third kappa shape index (κ3) is 4.96. The first-order valence-electron chi connectivity index (χ1n) is 8.17. The van der Waals surface area contributed by atoms with E-state index in [-0.39, 0.29) is 6.09 Å². The molecule has 0 spiro atoms. The molecule has 1 fully saturated rings. The SMILES string of the molecule is O=C(OCc1ccccc1)N1CCC(CSc2ncccn2)CC1. The van der Waals surface area contributed by atoms with Crippen molar-refractivity contribution in [3.05, 3.63) is 54.4 Å². The first-order valence-corrected chi connectivity index (χ1v) is 9.15. The molecule has 0 bridgehead atoms. The van der Waals surface area contributed by atoms with Crippen LogP contribution in [0.4, 0.5) is 4.79 Å². The van der Waals surface area contributed by atoms with E-state index in [9.17, 15) is 4.79 Å². The minimum atomic E-state index is -0.212. The molecule has 24 heavy (non-hydrogen) atoms. The fourth-order valence-corrected chi connectivity index (χ4v) is 3.63. The highest BCUT2D eigenvalue weighted by molar-refractivity contribution is 7.99. The average Bonchev–Trinajstić information content (AvgIpc) is 2.66.